The maximum absolute atomic E-state index is 12.8. The zero-order valence-corrected chi connectivity index (χ0v) is 19.3. The van der Waals surface area contributed by atoms with Crippen molar-refractivity contribution < 1.29 is 23.9 Å². The number of amides is 5. The lowest BCUT2D eigenvalue weighted by Crippen LogP contribution is -2.52. The second-order valence-corrected chi connectivity index (χ2v) is 8.64. The Balaban J connectivity index is 1.17. The number of carbonyl (C=O) groups is 4. The second-order valence-electron chi connectivity index (χ2n) is 8.64. The third-order valence-electron chi connectivity index (χ3n) is 6.11. The third kappa shape index (κ3) is 5.05. The summed E-state index contributed by atoms with van der Waals surface area (Å²) < 4.78 is 5.80. The molecule has 0 bridgehead atoms. The van der Waals surface area contributed by atoms with Gasteiger partial charge in [-0.3, -0.25) is 19.7 Å². The van der Waals surface area contributed by atoms with Gasteiger partial charge in [-0.15, -0.1) is 0 Å². The van der Waals surface area contributed by atoms with Gasteiger partial charge in [-0.1, -0.05) is 36.4 Å². The number of hydrogen-bond donors (Lipinski definition) is 3. The number of hydrogen-bond acceptors (Lipinski definition) is 5. The van der Waals surface area contributed by atoms with Gasteiger partial charge in [0.25, 0.3) is 5.91 Å². The van der Waals surface area contributed by atoms with Crippen LogP contribution in [-0.2, 0) is 22.7 Å². The lowest BCUT2D eigenvalue weighted by atomic mass is 10.0. The van der Waals surface area contributed by atoms with E-state index in [4.69, 9.17) is 4.74 Å². The molecule has 0 aromatic heterocycles. The fourth-order valence-electron chi connectivity index (χ4n) is 4.36. The zero-order valence-electron chi connectivity index (χ0n) is 19.3. The molecule has 36 heavy (non-hydrogen) atoms. The van der Waals surface area contributed by atoms with Gasteiger partial charge in [-0.2, -0.15) is 0 Å². The number of piperidine rings is 1. The van der Waals surface area contributed by atoms with Crippen molar-refractivity contribution in [3.63, 3.8) is 0 Å². The van der Waals surface area contributed by atoms with Gasteiger partial charge >= 0.3 is 6.03 Å². The Morgan fingerprint density at radius 3 is 2.58 bits per heavy atom. The van der Waals surface area contributed by atoms with Crippen molar-refractivity contribution in [1.82, 2.24) is 15.5 Å². The first-order valence-corrected chi connectivity index (χ1v) is 11.6. The zero-order chi connectivity index (χ0) is 25.1. The molecule has 1 unspecified atom stereocenters. The summed E-state index contributed by atoms with van der Waals surface area (Å²) in [6.07, 6.45) is 0.526. The van der Waals surface area contributed by atoms with Crippen LogP contribution in [0.25, 0.3) is 0 Å². The minimum absolute atomic E-state index is 0.210. The lowest BCUT2D eigenvalue weighted by Gasteiger charge is -2.29. The maximum atomic E-state index is 12.8. The molecule has 1 saturated heterocycles. The molecule has 3 aromatic rings. The van der Waals surface area contributed by atoms with Crippen LogP contribution >= 0.6 is 0 Å². The van der Waals surface area contributed by atoms with E-state index in [0.717, 1.165) is 11.1 Å². The topological polar surface area (TPSA) is 117 Å². The molecule has 9 heteroatoms. The molecular formula is C27H24N4O5. The molecule has 0 aliphatic carbocycles. The van der Waals surface area contributed by atoms with Crippen molar-refractivity contribution >= 4 is 29.4 Å². The fraction of sp³-hybridized carbons (Fsp3) is 0.185. The van der Waals surface area contributed by atoms with Crippen LogP contribution in [0.1, 0.15) is 34.3 Å². The lowest BCUT2D eigenvalue weighted by molar-refractivity contribution is -0.136. The maximum Gasteiger partial charge on any atom is 0.319 e. The van der Waals surface area contributed by atoms with Crippen LogP contribution in [0.2, 0.25) is 0 Å². The van der Waals surface area contributed by atoms with Gasteiger partial charge in [0.05, 0.1) is 0 Å². The van der Waals surface area contributed by atoms with E-state index in [-0.39, 0.29) is 37.4 Å². The van der Waals surface area contributed by atoms with Gasteiger partial charge in [0.15, 0.2) is 0 Å². The number of fused-ring (bicyclic) bond motifs is 1. The predicted molar refractivity (Wildman–Crippen MR) is 131 cm³/mol. The average molecular weight is 485 g/mol. The molecule has 1 fully saturated rings. The molecule has 0 radical (unpaired) electrons. The SMILES string of the molecule is O=C1CCC(N2Cc3cc(CNC(=O)Nc4cccc(Oc5ccccc5)c4)ccc3C2=O)C(=O)N1. The monoisotopic (exact) mass is 484 g/mol. The molecule has 2 aliphatic rings. The molecule has 3 N–H and O–H groups in total. The summed E-state index contributed by atoms with van der Waals surface area (Å²) in [4.78, 5) is 50.4. The summed E-state index contributed by atoms with van der Waals surface area (Å²) in [5, 5.41) is 7.91. The van der Waals surface area contributed by atoms with E-state index in [9.17, 15) is 19.2 Å². The second kappa shape index (κ2) is 9.91. The Hall–Kier alpha value is -4.66. The molecule has 9 nitrogen and oxygen atoms in total. The smallest absolute Gasteiger partial charge is 0.319 e. The number of nitrogens with zero attached hydrogens (tertiary/aromatic N) is 1. The number of ether oxygens (including phenoxy) is 1. The van der Waals surface area contributed by atoms with E-state index in [1.54, 1.807) is 36.4 Å². The van der Waals surface area contributed by atoms with E-state index in [1.807, 2.05) is 36.4 Å². The minimum Gasteiger partial charge on any atom is -0.457 e. The van der Waals surface area contributed by atoms with E-state index in [1.165, 1.54) is 4.90 Å². The number of imide groups is 1. The quantitative estimate of drug-likeness (QED) is 0.463. The van der Waals surface area contributed by atoms with Crippen LogP contribution < -0.4 is 20.7 Å². The number of benzene rings is 3. The summed E-state index contributed by atoms with van der Waals surface area (Å²) >= 11 is 0. The van der Waals surface area contributed by atoms with Crippen molar-refractivity contribution in [3.05, 3.63) is 89.5 Å². The molecule has 3 aromatic carbocycles. The standard InChI is InChI=1S/C27H24N4O5/c32-24-12-11-23(25(33)30-24)31-16-18-13-17(9-10-22(18)26(31)34)15-28-27(35)29-19-5-4-8-21(14-19)36-20-6-2-1-3-7-20/h1-10,13-14,23H,11-12,15-16H2,(H2,28,29,35)(H,30,32,33). The van der Waals surface area contributed by atoms with Crippen LogP contribution in [0, 0.1) is 0 Å². The number of urea groups is 1. The third-order valence-corrected chi connectivity index (χ3v) is 6.11. The van der Waals surface area contributed by atoms with E-state index < -0.39 is 11.9 Å². The molecule has 2 aliphatic heterocycles. The van der Waals surface area contributed by atoms with E-state index in [0.29, 0.717) is 29.2 Å². The van der Waals surface area contributed by atoms with Crippen LogP contribution in [-0.4, -0.2) is 34.7 Å². The first kappa shape index (κ1) is 23.1. The highest BCUT2D eigenvalue weighted by Gasteiger charge is 2.39. The van der Waals surface area contributed by atoms with Crippen molar-refractivity contribution in [2.45, 2.75) is 32.0 Å². The highest BCUT2D eigenvalue weighted by molar-refractivity contribution is 6.05. The number of nitrogens with one attached hydrogen (secondary N) is 3. The summed E-state index contributed by atoms with van der Waals surface area (Å²) in [6, 6.07) is 20.8. The van der Waals surface area contributed by atoms with Crippen molar-refractivity contribution in [2.24, 2.45) is 0 Å². The number of anilines is 1. The van der Waals surface area contributed by atoms with Crippen LogP contribution in [0.15, 0.2) is 72.8 Å². The first-order valence-electron chi connectivity index (χ1n) is 11.6. The van der Waals surface area contributed by atoms with Gasteiger partial charge in [0.1, 0.15) is 17.5 Å². The van der Waals surface area contributed by atoms with Gasteiger partial charge < -0.3 is 20.3 Å². The average Bonchev–Trinajstić information content (AvgIpc) is 3.19. The van der Waals surface area contributed by atoms with Crippen molar-refractivity contribution in [2.75, 3.05) is 5.32 Å². The van der Waals surface area contributed by atoms with Gasteiger partial charge in [-0.05, 0) is 47.9 Å². The molecule has 2 heterocycles. The summed E-state index contributed by atoms with van der Waals surface area (Å²) in [5.41, 5.74) is 2.72. The Morgan fingerprint density at radius 2 is 1.78 bits per heavy atom. The Morgan fingerprint density at radius 1 is 0.972 bits per heavy atom. The highest BCUT2D eigenvalue weighted by atomic mass is 16.5. The van der Waals surface area contributed by atoms with Crippen LogP contribution in [0.5, 0.6) is 11.5 Å². The van der Waals surface area contributed by atoms with Gasteiger partial charge in [0.2, 0.25) is 11.8 Å². The highest BCUT2D eigenvalue weighted by Crippen LogP contribution is 2.28. The number of rotatable bonds is 6. The molecule has 182 valence electrons. The molecule has 0 spiro atoms. The van der Waals surface area contributed by atoms with Crippen LogP contribution in [0.3, 0.4) is 0 Å². The number of para-hydroxylation sites is 1. The fourth-order valence-corrected chi connectivity index (χ4v) is 4.36. The molecule has 5 rings (SSSR count). The normalized spacial score (nSPS) is 16.8. The number of carbonyl (C=O) groups excluding carboxylic acids is 4. The summed E-state index contributed by atoms with van der Waals surface area (Å²) in [7, 11) is 0. The Labute approximate surface area is 207 Å². The predicted octanol–water partition coefficient (Wildman–Crippen LogP) is 3.56. The summed E-state index contributed by atoms with van der Waals surface area (Å²) in [6.45, 7) is 0.542. The molecular weight excluding hydrogens is 460 g/mol. The van der Waals surface area contributed by atoms with E-state index >= 15 is 0 Å². The largest absolute Gasteiger partial charge is 0.457 e. The summed E-state index contributed by atoms with van der Waals surface area (Å²) in [5.74, 6) is 0.314. The van der Waals surface area contributed by atoms with Crippen LogP contribution in [0.4, 0.5) is 10.5 Å². The molecule has 5 amide bonds. The van der Waals surface area contributed by atoms with Crippen molar-refractivity contribution in [1.29, 1.82) is 0 Å². The Kier molecular flexibility index (Phi) is 6.36. The van der Waals surface area contributed by atoms with Crippen molar-refractivity contribution in [3.8, 4) is 11.5 Å². The first-order chi connectivity index (χ1) is 17.5. The van der Waals surface area contributed by atoms with E-state index in [2.05, 4.69) is 16.0 Å². The van der Waals surface area contributed by atoms with Gasteiger partial charge in [0, 0.05) is 36.8 Å². The molecule has 0 saturated carbocycles. The minimum atomic E-state index is -0.656. The molecule has 1 atom stereocenters. The van der Waals surface area contributed by atoms with Gasteiger partial charge in [-0.25, -0.2) is 4.79 Å². The Bertz CT molecular complexity index is 1340.